The van der Waals surface area contributed by atoms with Crippen LogP contribution < -0.4 is 0 Å². The molecule has 0 radical (unpaired) electrons. The third-order valence-corrected chi connectivity index (χ3v) is 3.28. The maximum absolute atomic E-state index is 11.4. The molecule has 18 heavy (non-hydrogen) atoms. The summed E-state index contributed by atoms with van der Waals surface area (Å²) in [6.07, 6.45) is 1.63. The number of ether oxygens (including phenoxy) is 1. The highest BCUT2D eigenvalue weighted by Gasteiger charge is 2.14. The second kappa shape index (κ2) is 6.81. The Morgan fingerprint density at radius 3 is 2.44 bits per heavy atom. The van der Waals surface area contributed by atoms with E-state index in [9.17, 15) is 4.79 Å². The van der Waals surface area contributed by atoms with E-state index < -0.39 is 0 Å². The van der Waals surface area contributed by atoms with Crippen LogP contribution in [-0.2, 0) is 9.53 Å². The molecular formula is C14H16Cl2O2. The fourth-order valence-electron chi connectivity index (χ4n) is 1.52. The monoisotopic (exact) mass is 286 g/mol. The molecule has 0 N–H and O–H groups in total. The molecule has 0 aliphatic heterocycles. The number of hydrogen-bond acceptors (Lipinski definition) is 2. The van der Waals surface area contributed by atoms with Gasteiger partial charge in [-0.25, -0.2) is 0 Å². The molecule has 1 aromatic carbocycles. The lowest BCUT2D eigenvalue weighted by atomic mass is 10.1. The van der Waals surface area contributed by atoms with E-state index in [0.717, 1.165) is 5.56 Å². The molecule has 1 atom stereocenters. The molecule has 0 aliphatic carbocycles. The lowest BCUT2D eigenvalue weighted by molar-refractivity contribution is -0.115. The van der Waals surface area contributed by atoms with Crippen molar-refractivity contribution in [2.24, 2.45) is 0 Å². The molecule has 0 aliphatic rings. The van der Waals surface area contributed by atoms with Crippen LogP contribution in [-0.4, -0.2) is 5.78 Å². The van der Waals surface area contributed by atoms with Gasteiger partial charge in [0.25, 0.3) is 0 Å². The van der Waals surface area contributed by atoms with Gasteiger partial charge in [0.2, 0.25) is 0 Å². The van der Waals surface area contributed by atoms with Crippen LogP contribution in [0.1, 0.15) is 38.9 Å². The maximum Gasteiger partial charge on any atom is 0.161 e. The molecule has 0 aromatic heterocycles. The summed E-state index contributed by atoms with van der Waals surface area (Å²) in [5.74, 6) is 0.0625. The number of ketones is 1. The molecule has 1 rings (SSSR count). The molecule has 0 fully saturated rings. The van der Waals surface area contributed by atoms with E-state index in [-0.39, 0.29) is 11.9 Å². The largest absolute Gasteiger partial charge is 0.493 e. The Morgan fingerprint density at radius 1 is 1.39 bits per heavy atom. The lowest BCUT2D eigenvalue weighted by Gasteiger charge is -2.15. The zero-order valence-electron chi connectivity index (χ0n) is 10.7. The second-order valence-electron chi connectivity index (χ2n) is 3.99. The molecule has 0 unspecified atom stereocenters. The number of halogens is 2. The second-order valence-corrected chi connectivity index (χ2v) is 4.81. The highest BCUT2D eigenvalue weighted by molar-refractivity contribution is 6.36. The summed E-state index contributed by atoms with van der Waals surface area (Å²) in [5.41, 5.74) is 1.32. The van der Waals surface area contributed by atoms with Crippen molar-refractivity contribution in [2.45, 2.75) is 33.3 Å². The predicted octanol–water partition coefficient (Wildman–Crippen LogP) is 4.95. The molecule has 0 heterocycles. The Balaban J connectivity index is 2.83. The zero-order chi connectivity index (χ0) is 13.7. The van der Waals surface area contributed by atoms with Crippen LogP contribution in [0.4, 0.5) is 0 Å². The van der Waals surface area contributed by atoms with E-state index in [1.54, 1.807) is 25.1 Å². The molecule has 2 nitrogen and oxygen atoms in total. The molecule has 0 saturated carbocycles. The molecule has 0 amide bonds. The fourth-order valence-corrected chi connectivity index (χ4v) is 2.22. The lowest BCUT2D eigenvalue weighted by Crippen LogP contribution is -2.01. The molecule has 0 spiro atoms. The average Bonchev–Trinajstić information content (AvgIpc) is 2.34. The summed E-state index contributed by atoms with van der Waals surface area (Å²) < 4.78 is 5.52. The first-order valence-electron chi connectivity index (χ1n) is 5.76. The quantitative estimate of drug-likeness (QED) is 0.565. The van der Waals surface area contributed by atoms with Crippen molar-refractivity contribution in [3.8, 4) is 0 Å². The number of benzene rings is 1. The van der Waals surface area contributed by atoms with Gasteiger partial charge in [-0.05, 0) is 26.0 Å². The Labute approximate surface area is 118 Å². The van der Waals surface area contributed by atoms with Gasteiger partial charge in [-0.1, -0.05) is 36.2 Å². The highest BCUT2D eigenvalue weighted by atomic mass is 35.5. The van der Waals surface area contributed by atoms with Gasteiger partial charge in [-0.3, -0.25) is 4.79 Å². The average molecular weight is 287 g/mol. The van der Waals surface area contributed by atoms with Gasteiger partial charge in [0.1, 0.15) is 6.10 Å². The van der Waals surface area contributed by atoms with E-state index in [2.05, 4.69) is 0 Å². The van der Waals surface area contributed by atoms with Gasteiger partial charge < -0.3 is 4.74 Å². The fraction of sp³-hybridized carbons (Fsp3) is 0.357. The van der Waals surface area contributed by atoms with Crippen molar-refractivity contribution in [1.29, 1.82) is 0 Å². The number of carbonyl (C=O) groups excluding carboxylic acids is 1. The first kappa shape index (κ1) is 15.1. The van der Waals surface area contributed by atoms with Crippen LogP contribution in [0.2, 0.25) is 10.0 Å². The molecule has 0 saturated heterocycles. The topological polar surface area (TPSA) is 26.3 Å². The smallest absolute Gasteiger partial charge is 0.161 e. The summed E-state index contributed by atoms with van der Waals surface area (Å²) in [6, 6.07) is 5.30. The first-order valence-corrected chi connectivity index (χ1v) is 6.52. The number of Topliss-reactive ketones (excluding diaryl/α,β-unsaturated/α-hetero) is 1. The van der Waals surface area contributed by atoms with Crippen LogP contribution in [0.25, 0.3) is 0 Å². The zero-order valence-corrected chi connectivity index (χ0v) is 12.2. The number of carbonyl (C=O) groups is 1. The van der Waals surface area contributed by atoms with Gasteiger partial charge >= 0.3 is 0 Å². The minimum Gasteiger partial charge on any atom is -0.493 e. The summed E-state index contributed by atoms with van der Waals surface area (Å²) in [5, 5.41) is 1.12. The van der Waals surface area contributed by atoms with E-state index >= 15 is 0 Å². The summed E-state index contributed by atoms with van der Waals surface area (Å²) >= 11 is 12.2. The molecule has 1 aromatic rings. The predicted molar refractivity (Wildman–Crippen MR) is 75.0 cm³/mol. The van der Waals surface area contributed by atoms with Crippen LogP contribution in [0.5, 0.6) is 0 Å². The van der Waals surface area contributed by atoms with Gasteiger partial charge in [-0.2, -0.15) is 0 Å². The summed E-state index contributed by atoms with van der Waals surface area (Å²) in [4.78, 5) is 11.4. The number of allylic oxidation sites excluding steroid dienone is 1. The van der Waals surface area contributed by atoms with Crippen molar-refractivity contribution < 1.29 is 9.53 Å². The highest BCUT2D eigenvalue weighted by Crippen LogP contribution is 2.32. The molecule has 98 valence electrons. The van der Waals surface area contributed by atoms with Crippen LogP contribution in [0.3, 0.4) is 0 Å². The maximum atomic E-state index is 11.4. The minimum absolute atomic E-state index is 0.0625. The summed E-state index contributed by atoms with van der Waals surface area (Å²) in [7, 11) is 0. The number of hydrogen-bond donors (Lipinski definition) is 0. The molecular weight excluding hydrogens is 271 g/mol. The summed E-state index contributed by atoms with van der Waals surface area (Å²) in [6.45, 7) is 5.38. The van der Waals surface area contributed by atoms with E-state index in [1.807, 2.05) is 13.8 Å². The SMILES string of the molecule is CCC(=O)/C(C)=C/O[C@H](C)c1c(Cl)cccc1Cl. The number of rotatable bonds is 5. The Bertz CT molecular complexity index is 447. The third kappa shape index (κ3) is 3.76. The Hall–Kier alpha value is -0.990. The molecule has 0 bridgehead atoms. The van der Waals surface area contributed by atoms with E-state index in [0.29, 0.717) is 22.0 Å². The van der Waals surface area contributed by atoms with Crippen molar-refractivity contribution in [2.75, 3.05) is 0 Å². The van der Waals surface area contributed by atoms with Gasteiger partial charge in [0, 0.05) is 27.6 Å². The van der Waals surface area contributed by atoms with Crippen molar-refractivity contribution in [3.63, 3.8) is 0 Å². The Morgan fingerprint density at radius 2 is 1.94 bits per heavy atom. The third-order valence-electron chi connectivity index (χ3n) is 2.62. The van der Waals surface area contributed by atoms with Gasteiger partial charge in [0.05, 0.1) is 6.26 Å². The molecule has 4 heteroatoms. The van der Waals surface area contributed by atoms with Crippen LogP contribution in [0, 0.1) is 0 Å². The minimum atomic E-state index is -0.300. The van der Waals surface area contributed by atoms with E-state index in [1.165, 1.54) is 6.26 Å². The van der Waals surface area contributed by atoms with Crippen molar-refractivity contribution >= 4 is 29.0 Å². The van der Waals surface area contributed by atoms with Gasteiger partial charge in [-0.15, -0.1) is 0 Å². The van der Waals surface area contributed by atoms with Crippen molar-refractivity contribution in [3.05, 3.63) is 45.6 Å². The Kier molecular flexibility index (Phi) is 5.70. The standard InChI is InChI=1S/C14H16Cl2O2/c1-4-13(17)9(2)8-18-10(3)14-11(15)6-5-7-12(14)16/h5-8,10H,4H2,1-3H3/b9-8+/t10-/m1/s1. The van der Waals surface area contributed by atoms with Crippen molar-refractivity contribution in [1.82, 2.24) is 0 Å². The van der Waals surface area contributed by atoms with Crippen LogP contribution >= 0.6 is 23.2 Å². The van der Waals surface area contributed by atoms with E-state index in [4.69, 9.17) is 27.9 Å². The van der Waals surface area contributed by atoms with Gasteiger partial charge in [0.15, 0.2) is 5.78 Å². The first-order chi connectivity index (χ1) is 8.47. The normalized spacial score (nSPS) is 13.3. The van der Waals surface area contributed by atoms with Crippen LogP contribution in [0.15, 0.2) is 30.0 Å².